The first-order valence-corrected chi connectivity index (χ1v) is 16.4. The van der Waals surface area contributed by atoms with Crippen molar-refractivity contribution in [2.24, 2.45) is 0 Å². The Balaban J connectivity index is 1.32. The molecule has 1 aliphatic rings. The molecular formula is C45H30N2O2. The van der Waals surface area contributed by atoms with E-state index in [9.17, 15) is 0 Å². The van der Waals surface area contributed by atoms with Crippen LogP contribution in [0.5, 0.6) is 0 Å². The Morgan fingerprint density at radius 2 is 1.53 bits per heavy atom. The summed E-state index contributed by atoms with van der Waals surface area (Å²) in [6.07, 6.45) is 8.34. The maximum atomic E-state index is 6.55. The fourth-order valence-corrected chi connectivity index (χ4v) is 6.80. The van der Waals surface area contributed by atoms with Crippen molar-refractivity contribution in [3.05, 3.63) is 167 Å². The van der Waals surface area contributed by atoms with Gasteiger partial charge in [-0.25, -0.2) is 4.98 Å². The van der Waals surface area contributed by atoms with Crippen LogP contribution in [-0.2, 0) is 0 Å². The van der Waals surface area contributed by atoms with Gasteiger partial charge < -0.3 is 13.7 Å². The number of fused-ring (bicyclic) bond motifs is 8. The highest BCUT2D eigenvalue weighted by Crippen LogP contribution is 2.40. The van der Waals surface area contributed by atoms with Crippen LogP contribution in [0.2, 0.25) is 0 Å². The van der Waals surface area contributed by atoms with E-state index in [2.05, 4.69) is 108 Å². The fraction of sp³-hybridized carbons (Fsp3) is 0.0444. The Labute approximate surface area is 282 Å². The highest BCUT2D eigenvalue weighted by molar-refractivity contribution is 6.18. The van der Waals surface area contributed by atoms with Crippen molar-refractivity contribution in [2.45, 2.75) is 13.8 Å². The summed E-state index contributed by atoms with van der Waals surface area (Å²) in [7, 11) is 0. The van der Waals surface area contributed by atoms with Crippen LogP contribution >= 0.6 is 0 Å². The maximum absolute atomic E-state index is 6.55. The molecule has 6 aromatic carbocycles. The molecule has 9 rings (SSSR count). The number of allylic oxidation sites excluding steroid dienone is 5. The molecule has 8 aromatic rings. The predicted octanol–water partition coefficient (Wildman–Crippen LogP) is 10.6. The quantitative estimate of drug-likeness (QED) is 0.104. The highest BCUT2D eigenvalue weighted by atomic mass is 16.3. The number of nitrogens with zero attached hydrogens (tertiary/aromatic N) is 2. The van der Waals surface area contributed by atoms with Crippen LogP contribution in [0.3, 0.4) is 0 Å². The Morgan fingerprint density at radius 1 is 0.755 bits per heavy atom. The molecule has 2 heterocycles. The van der Waals surface area contributed by atoms with Crippen molar-refractivity contribution in [3.8, 4) is 11.5 Å². The van der Waals surface area contributed by atoms with Crippen LogP contribution in [0.1, 0.15) is 19.4 Å². The lowest BCUT2D eigenvalue weighted by molar-refractivity contribution is 0.575. The summed E-state index contributed by atoms with van der Waals surface area (Å²) < 4.78 is 12.9. The molecule has 0 atom stereocenters. The average molecular weight is 631 g/mol. The zero-order valence-electron chi connectivity index (χ0n) is 27.1. The molecule has 1 aliphatic carbocycles. The van der Waals surface area contributed by atoms with Crippen molar-refractivity contribution in [1.29, 1.82) is 0 Å². The summed E-state index contributed by atoms with van der Waals surface area (Å²) in [6.45, 7) is 4.18. The van der Waals surface area contributed by atoms with Gasteiger partial charge in [0.25, 0.3) is 0 Å². The van der Waals surface area contributed by atoms with Crippen molar-refractivity contribution < 1.29 is 8.83 Å². The van der Waals surface area contributed by atoms with Crippen molar-refractivity contribution in [3.63, 3.8) is 0 Å². The molecule has 0 amide bonds. The Bertz CT molecular complexity index is 2870. The van der Waals surface area contributed by atoms with Gasteiger partial charge in [0.05, 0.1) is 10.9 Å². The summed E-state index contributed by atoms with van der Waals surface area (Å²) in [4.78, 5) is 7.14. The van der Waals surface area contributed by atoms with Crippen molar-refractivity contribution in [2.75, 3.05) is 4.90 Å². The van der Waals surface area contributed by atoms with Gasteiger partial charge in [0, 0.05) is 33.7 Å². The number of aromatic nitrogens is 1. The Kier molecular flexibility index (Phi) is 6.78. The molecular weight excluding hydrogens is 601 g/mol. The lowest BCUT2D eigenvalue weighted by Gasteiger charge is -2.28. The molecule has 2 aromatic heterocycles. The van der Waals surface area contributed by atoms with Crippen LogP contribution in [0.4, 0.5) is 11.4 Å². The van der Waals surface area contributed by atoms with E-state index in [4.69, 9.17) is 13.8 Å². The number of hydrogen-bond acceptors (Lipinski definition) is 4. The van der Waals surface area contributed by atoms with E-state index >= 15 is 0 Å². The monoisotopic (exact) mass is 630 g/mol. The molecule has 0 fully saturated rings. The number of rotatable bonds is 6. The topological polar surface area (TPSA) is 42.4 Å². The third kappa shape index (κ3) is 4.83. The molecule has 0 bridgehead atoms. The van der Waals surface area contributed by atoms with Gasteiger partial charge in [-0.2, -0.15) is 0 Å². The smallest absolute Gasteiger partial charge is 0.227 e. The third-order valence-electron chi connectivity index (χ3n) is 9.17. The van der Waals surface area contributed by atoms with Gasteiger partial charge in [-0.3, -0.25) is 0 Å². The van der Waals surface area contributed by atoms with E-state index in [0.29, 0.717) is 5.89 Å². The molecule has 0 radical (unpaired) electrons. The third-order valence-corrected chi connectivity index (χ3v) is 9.17. The molecule has 0 unspecified atom stereocenters. The minimum atomic E-state index is 0.611. The SMILES string of the molecule is C/C=C\C=C(/C)c1ccccc1N(C1=C=C=c2c(oc3ccccc23)=C1)c1ccc2ccc3ccc4nc(-c5ccccc5)oc4c3c2c1. The molecule has 0 N–H and O–H groups in total. The van der Waals surface area contributed by atoms with Gasteiger partial charge in [0.15, 0.2) is 5.58 Å². The predicted molar refractivity (Wildman–Crippen MR) is 202 cm³/mol. The van der Waals surface area contributed by atoms with Crippen molar-refractivity contribution in [1.82, 2.24) is 4.98 Å². The van der Waals surface area contributed by atoms with Gasteiger partial charge in [-0.05, 0) is 89.8 Å². The fourth-order valence-electron chi connectivity index (χ4n) is 6.80. The minimum Gasteiger partial charge on any atom is -0.455 e. The first-order valence-electron chi connectivity index (χ1n) is 16.4. The van der Waals surface area contributed by atoms with Crippen molar-refractivity contribution >= 4 is 72.4 Å². The highest BCUT2D eigenvalue weighted by Gasteiger charge is 2.21. The van der Waals surface area contributed by atoms with Crippen LogP contribution in [-0.4, -0.2) is 4.98 Å². The zero-order chi connectivity index (χ0) is 32.9. The van der Waals surface area contributed by atoms with Gasteiger partial charge >= 0.3 is 0 Å². The van der Waals surface area contributed by atoms with E-state index < -0.39 is 0 Å². The second-order valence-corrected chi connectivity index (χ2v) is 12.2. The summed E-state index contributed by atoms with van der Waals surface area (Å²) in [5.41, 5.74) is 16.2. The summed E-state index contributed by atoms with van der Waals surface area (Å²) >= 11 is 0. The number of para-hydroxylation sites is 2. The van der Waals surface area contributed by atoms with Gasteiger partial charge in [0.2, 0.25) is 5.89 Å². The van der Waals surface area contributed by atoms with E-state index in [0.717, 1.165) is 88.0 Å². The molecule has 4 nitrogen and oxygen atoms in total. The Morgan fingerprint density at radius 3 is 2.43 bits per heavy atom. The van der Waals surface area contributed by atoms with E-state index in [1.165, 1.54) is 0 Å². The summed E-state index contributed by atoms with van der Waals surface area (Å²) in [6, 6.07) is 41.7. The molecule has 0 saturated heterocycles. The number of benzene rings is 6. The van der Waals surface area contributed by atoms with E-state index in [1.807, 2.05) is 67.6 Å². The maximum Gasteiger partial charge on any atom is 0.227 e. The second kappa shape index (κ2) is 11.6. The molecule has 49 heavy (non-hydrogen) atoms. The molecule has 0 saturated carbocycles. The van der Waals surface area contributed by atoms with Gasteiger partial charge in [-0.15, -0.1) is 0 Å². The van der Waals surface area contributed by atoms with E-state index in [-0.39, 0.29) is 0 Å². The second-order valence-electron chi connectivity index (χ2n) is 12.2. The first-order chi connectivity index (χ1) is 24.2. The van der Waals surface area contributed by atoms with Crippen LogP contribution < -0.4 is 15.5 Å². The van der Waals surface area contributed by atoms with Crippen LogP contribution in [0, 0.1) is 0 Å². The Hall–Kier alpha value is -6.57. The molecule has 0 spiro atoms. The summed E-state index contributed by atoms with van der Waals surface area (Å²) in [5.74, 6) is 0.611. The number of furan rings is 1. The first kappa shape index (κ1) is 28.6. The zero-order valence-corrected chi connectivity index (χ0v) is 27.1. The average Bonchev–Trinajstić information content (AvgIpc) is 3.76. The van der Waals surface area contributed by atoms with Crippen LogP contribution in [0.25, 0.3) is 72.4 Å². The lowest BCUT2D eigenvalue weighted by atomic mass is 9.99. The summed E-state index contributed by atoms with van der Waals surface area (Å²) in [5, 5.41) is 6.26. The van der Waals surface area contributed by atoms with Gasteiger partial charge in [-0.1, -0.05) is 96.8 Å². The largest absolute Gasteiger partial charge is 0.455 e. The number of hydrogen-bond donors (Lipinski definition) is 0. The minimum absolute atomic E-state index is 0.611. The van der Waals surface area contributed by atoms with E-state index in [1.54, 1.807) is 0 Å². The lowest BCUT2D eigenvalue weighted by Crippen LogP contribution is -2.25. The standard InChI is InChI=1S/C45H30N2O2/c1-3-4-12-29(2)35-15-8-10-17-40(35)47(34-24-25-37-36-16-9-11-18-41(36)48-42(37)28-34)33-23-21-30-19-20-31-22-26-39-44(43(31)38(30)27-33)49-45(46-39)32-13-6-5-7-14-32/h3-23,26-28H,1-2H3/b4-3-,29-12+. The van der Waals surface area contributed by atoms with Gasteiger partial charge in [0.1, 0.15) is 22.2 Å². The number of anilines is 2. The molecule has 0 aliphatic heterocycles. The normalized spacial score (nSPS) is 12.9. The van der Waals surface area contributed by atoms with Crippen LogP contribution in [0.15, 0.2) is 160 Å². The molecule has 4 heteroatoms. The molecule has 232 valence electrons. The number of oxazole rings is 1.